The molecule has 1 aromatic carbocycles. The summed E-state index contributed by atoms with van der Waals surface area (Å²) in [5.41, 5.74) is 15.3. The van der Waals surface area contributed by atoms with Crippen molar-refractivity contribution in [3.63, 3.8) is 0 Å². The highest BCUT2D eigenvalue weighted by Crippen LogP contribution is 2.42. The van der Waals surface area contributed by atoms with Crippen LogP contribution in [0.5, 0.6) is 0 Å². The molecule has 0 aliphatic carbocycles. The predicted octanol–water partition coefficient (Wildman–Crippen LogP) is 3.22. The maximum absolute atomic E-state index is 13.1. The normalized spacial score (nSPS) is 10.8. The first-order chi connectivity index (χ1) is 16.5. The maximum Gasteiger partial charge on any atom is 0.303 e. The minimum absolute atomic E-state index is 0.0423. The van der Waals surface area contributed by atoms with Gasteiger partial charge in [-0.2, -0.15) is 5.26 Å². The minimum atomic E-state index is -0.503. The van der Waals surface area contributed by atoms with Crippen molar-refractivity contribution in [3.8, 4) is 23.0 Å². The summed E-state index contributed by atoms with van der Waals surface area (Å²) in [5.74, 6) is -0.325. The fourth-order valence-electron chi connectivity index (χ4n) is 3.56. The van der Waals surface area contributed by atoms with Crippen molar-refractivity contribution in [3.05, 3.63) is 70.9 Å². The second kappa shape index (κ2) is 8.27. The summed E-state index contributed by atoms with van der Waals surface area (Å²) in [6.45, 7) is 1.84. The Balaban J connectivity index is 1.57. The summed E-state index contributed by atoms with van der Waals surface area (Å²) >= 11 is 1.07. The number of nitriles is 1. The van der Waals surface area contributed by atoms with Crippen LogP contribution in [0, 0.1) is 18.3 Å². The number of nitrogen functional groups attached to an aromatic ring is 2. The van der Waals surface area contributed by atoms with E-state index in [1.807, 2.05) is 49.4 Å². The third-order valence-corrected chi connectivity index (χ3v) is 6.19. The Morgan fingerprint density at radius 1 is 1.15 bits per heavy atom. The number of fused-ring (bicyclic) bond motifs is 1. The van der Waals surface area contributed by atoms with Gasteiger partial charge in [0.1, 0.15) is 27.2 Å². The summed E-state index contributed by atoms with van der Waals surface area (Å²) in [6.07, 6.45) is 1.54. The molecule has 0 aliphatic rings. The fourth-order valence-corrected chi connectivity index (χ4v) is 4.57. The fraction of sp³-hybridized carbons (Fsp3) is 0.0435. The van der Waals surface area contributed by atoms with E-state index in [4.69, 9.17) is 16.0 Å². The number of nitrogens with one attached hydrogen (secondary N) is 1. The number of pyridine rings is 2. The van der Waals surface area contributed by atoms with Crippen molar-refractivity contribution in [2.24, 2.45) is 0 Å². The van der Waals surface area contributed by atoms with Gasteiger partial charge in [0.25, 0.3) is 12.1 Å². The molecule has 0 spiro atoms. The molecule has 4 heterocycles. The van der Waals surface area contributed by atoms with E-state index in [1.165, 1.54) is 4.68 Å². The molecular weight excluding hydrogens is 452 g/mol. The number of thiophene rings is 1. The Labute approximate surface area is 197 Å². The Kier molecular flexibility index (Phi) is 5.12. The van der Waals surface area contributed by atoms with Crippen LogP contribution < -0.4 is 21.5 Å². The van der Waals surface area contributed by atoms with E-state index in [1.54, 1.807) is 12.3 Å². The Morgan fingerprint density at radius 3 is 2.68 bits per heavy atom. The lowest BCUT2D eigenvalue weighted by Gasteiger charge is -2.09. The van der Waals surface area contributed by atoms with Crippen molar-refractivity contribution >= 4 is 44.9 Å². The lowest BCUT2D eigenvalue weighted by Crippen LogP contribution is -2.31. The first-order valence-electron chi connectivity index (χ1n) is 10.1. The number of rotatable bonds is 4. The number of amides is 1. The van der Waals surface area contributed by atoms with Crippen molar-refractivity contribution in [1.82, 2.24) is 15.2 Å². The molecule has 5 aromatic rings. The van der Waals surface area contributed by atoms with Crippen LogP contribution in [0.25, 0.3) is 27.2 Å². The van der Waals surface area contributed by atoms with Crippen LogP contribution in [-0.2, 0) is 0 Å². The number of hydrogen-bond acceptors (Lipinski definition) is 9. The number of benzene rings is 1. The number of nitrogens with two attached hydrogens (primary N) is 2. The molecule has 0 saturated carbocycles. The van der Waals surface area contributed by atoms with Gasteiger partial charge < -0.3 is 11.5 Å². The Bertz CT molecular complexity index is 1600. The number of aromatic nitrogens is 4. The topological polar surface area (TPSA) is 161 Å². The van der Waals surface area contributed by atoms with Crippen LogP contribution in [0.15, 0.2) is 59.3 Å². The summed E-state index contributed by atoms with van der Waals surface area (Å²) < 4.78 is 6.74. The zero-order valence-electron chi connectivity index (χ0n) is 17.8. The highest BCUT2D eigenvalue weighted by molar-refractivity contribution is 7.21. The second-order valence-electron chi connectivity index (χ2n) is 7.35. The lowest BCUT2D eigenvalue weighted by atomic mass is 10.0. The second-order valence-corrected chi connectivity index (χ2v) is 8.35. The molecule has 0 aliphatic heterocycles. The molecule has 34 heavy (non-hydrogen) atoms. The van der Waals surface area contributed by atoms with E-state index >= 15 is 0 Å². The maximum atomic E-state index is 13.1. The van der Waals surface area contributed by atoms with Crippen LogP contribution in [0.4, 0.5) is 17.4 Å². The quantitative estimate of drug-likeness (QED) is 0.338. The number of anilines is 3. The van der Waals surface area contributed by atoms with E-state index in [9.17, 15) is 10.1 Å². The van der Waals surface area contributed by atoms with Crippen LogP contribution >= 0.6 is 11.3 Å². The van der Waals surface area contributed by atoms with E-state index in [-0.39, 0.29) is 27.8 Å². The van der Waals surface area contributed by atoms with Crippen molar-refractivity contribution in [2.75, 3.05) is 16.8 Å². The zero-order chi connectivity index (χ0) is 23.8. The Hall–Kier alpha value is -4.82. The van der Waals surface area contributed by atoms with E-state index < -0.39 is 5.91 Å². The molecular formula is C23H17N8O2S+. The van der Waals surface area contributed by atoms with Gasteiger partial charge in [0.15, 0.2) is 0 Å². The van der Waals surface area contributed by atoms with Crippen LogP contribution in [-0.4, -0.2) is 21.1 Å². The standard InChI is InChI=1S/C23H16N8O2S/c1-12-6-5-9-15(27-12)17-14(10-24)21(26)29-23-18(17)19(25)20(34-23)22(32)28-16-11-31(30-33-16)13-7-3-2-4-8-13/h2-9,11H,1H3,(H4-,25,26,28,29,30,32)/p+1. The highest BCUT2D eigenvalue weighted by Gasteiger charge is 2.26. The summed E-state index contributed by atoms with van der Waals surface area (Å²) in [4.78, 5) is 22.5. The molecule has 0 fully saturated rings. The first kappa shape index (κ1) is 21.0. The predicted molar refractivity (Wildman–Crippen MR) is 127 cm³/mol. The zero-order valence-corrected chi connectivity index (χ0v) is 18.6. The molecule has 5 N–H and O–H groups in total. The van der Waals surface area contributed by atoms with Crippen LogP contribution in [0.3, 0.4) is 0 Å². The number of carbonyl (C=O) groups excluding carboxylic acids is 1. The van der Waals surface area contributed by atoms with Crippen molar-refractivity contribution in [1.29, 1.82) is 5.26 Å². The monoisotopic (exact) mass is 469 g/mol. The van der Waals surface area contributed by atoms with E-state index in [0.717, 1.165) is 22.7 Å². The summed E-state index contributed by atoms with van der Waals surface area (Å²) in [5, 5.41) is 16.8. The number of aryl methyl sites for hydroxylation is 1. The minimum Gasteiger partial charge on any atom is -0.397 e. The lowest BCUT2D eigenvalue weighted by molar-refractivity contribution is -0.670. The average molecular weight is 470 g/mol. The number of nitrogens with zero attached hydrogens (tertiary/aromatic N) is 5. The highest BCUT2D eigenvalue weighted by atomic mass is 32.1. The molecule has 1 amide bonds. The third kappa shape index (κ3) is 3.58. The van der Waals surface area contributed by atoms with Gasteiger partial charge in [0, 0.05) is 28.8 Å². The van der Waals surface area contributed by atoms with Gasteiger partial charge in [0.05, 0.1) is 11.4 Å². The molecule has 166 valence electrons. The van der Waals surface area contributed by atoms with Gasteiger partial charge in [-0.05, 0) is 23.7 Å². The average Bonchev–Trinajstić information content (AvgIpc) is 3.43. The first-order valence-corrected chi connectivity index (χ1v) is 10.9. The molecule has 0 radical (unpaired) electrons. The number of para-hydroxylation sites is 1. The summed E-state index contributed by atoms with van der Waals surface area (Å²) in [7, 11) is 0. The van der Waals surface area contributed by atoms with Gasteiger partial charge in [-0.15, -0.1) is 11.3 Å². The van der Waals surface area contributed by atoms with Crippen LogP contribution in [0.1, 0.15) is 20.9 Å². The number of carbonyl (C=O) groups is 1. The van der Waals surface area contributed by atoms with Gasteiger partial charge in [-0.25, -0.2) is 4.98 Å². The van der Waals surface area contributed by atoms with Crippen LogP contribution in [0.2, 0.25) is 0 Å². The van der Waals surface area contributed by atoms with E-state index in [0.29, 0.717) is 21.5 Å². The van der Waals surface area contributed by atoms with Crippen molar-refractivity contribution < 1.29 is 14.0 Å². The summed E-state index contributed by atoms with van der Waals surface area (Å²) in [6, 6.07) is 16.8. The third-order valence-electron chi connectivity index (χ3n) is 5.09. The molecule has 5 rings (SSSR count). The van der Waals surface area contributed by atoms with Gasteiger partial charge in [-0.1, -0.05) is 24.3 Å². The molecule has 0 unspecified atom stereocenters. The van der Waals surface area contributed by atoms with Gasteiger partial charge >= 0.3 is 5.88 Å². The molecule has 0 bridgehead atoms. The van der Waals surface area contributed by atoms with E-state index in [2.05, 4.69) is 26.6 Å². The SMILES string of the molecule is Cc1cccc(-c2c(C#N)c(N)nc3sc(C(=O)Nc4c[n+](-c5ccccc5)no4)c(N)c23)n1. The largest absolute Gasteiger partial charge is 0.397 e. The molecule has 11 heteroatoms. The molecule has 10 nitrogen and oxygen atoms in total. The Morgan fingerprint density at radius 2 is 1.94 bits per heavy atom. The molecule has 0 saturated heterocycles. The van der Waals surface area contributed by atoms with Crippen molar-refractivity contribution in [2.45, 2.75) is 6.92 Å². The molecule has 0 atom stereocenters. The van der Waals surface area contributed by atoms with Gasteiger partial charge in [0.2, 0.25) is 11.0 Å². The molecule has 4 aromatic heterocycles. The van der Waals surface area contributed by atoms with Gasteiger partial charge in [-0.3, -0.25) is 19.6 Å². The smallest absolute Gasteiger partial charge is 0.303 e. The number of hydrogen-bond donors (Lipinski definition) is 3.